The Bertz CT molecular complexity index is 111. The molecule has 0 heterocycles. The molecule has 0 unspecified atom stereocenters. The van der Waals surface area contributed by atoms with Gasteiger partial charge < -0.3 is 0 Å². The Morgan fingerprint density at radius 1 is 1.43 bits per heavy atom. The summed E-state index contributed by atoms with van der Waals surface area (Å²) in [5.74, 6) is 0. The topological polar surface area (TPSA) is 0 Å². The standard InChI is InChI=1S/C6H7Cl/c7-6-4-2-1-3-5-6/h2,4-5H,1,3H2. The lowest BCUT2D eigenvalue weighted by atomic mass is 10.2. The Labute approximate surface area is 48.5 Å². The molecule has 0 bridgehead atoms. The van der Waals surface area contributed by atoms with Gasteiger partial charge in [-0.3, -0.25) is 0 Å². The minimum Gasteiger partial charge on any atom is -0.0847 e. The highest BCUT2D eigenvalue weighted by molar-refractivity contribution is 6.31. The molecule has 1 rings (SSSR count). The smallest absolute Gasteiger partial charge is 0.0363 e. The van der Waals surface area contributed by atoms with Crippen LogP contribution < -0.4 is 0 Å². The average Bonchev–Trinajstić information content (AvgIpc) is 1.69. The lowest BCUT2D eigenvalue weighted by Crippen LogP contribution is -1.73. The molecule has 0 aromatic rings. The summed E-state index contributed by atoms with van der Waals surface area (Å²) in [5.41, 5.74) is 0. The van der Waals surface area contributed by atoms with Crippen molar-refractivity contribution in [1.82, 2.24) is 0 Å². The molecule has 38 valence electrons. The number of rotatable bonds is 0. The predicted molar refractivity (Wildman–Crippen MR) is 32.3 cm³/mol. The van der Waals surface area contributed by atoms with Crippen molar-refractivity contribution in [2.75, 3.05) is 0 Å². The molecular formula is C6H7Cl. The van der Waals surface area contributed by atoms with Gasteiger partial charge in [-0.15, -0.1) is 0 Å². The van der Waals surface area contributed by atoms with Crippen molar-refractivity contribution >= 4 is 11.6 Å². The maximum Gasteiger partial charge on any atom is 0.0363 e. The largest absolute Gasteiger partial charge is 0.0847 e. The minimum atomic E-state index is 0.881. The number of hydrogen-bond donors (Lipinski definition) is 0. The van der Waals surface area contributed by atoms with Crippen molar-refractivity contribution in [3.05, 3.63) is 23.3 Å². The lowest BCUT2D eigenvalue weighted by Gasteiger charge is -1.94. The molecule has 0 aliphatic heterocycles. The van der Waals surface area contributed by atoms with E-state index in [0.29, 0.717) is 0 Å². The van der Waals surface area contributed by atoms with Crippen LogP contribution in [0.25, 0.3) is 0 Å². The van der Waals surface area contributed by atoms with Crippen molar-refractivity contribution in [2.24, 2.45) is 0 Å². The molecule has 0 aromatic carbocycles. The average molecular weight is 115 g/mol. The zero-order valence-electron chi connectivity index (χ0n) is 4.02. The van der Waals surface area contributed by atoms with Gasteiger partial charge in [-0.25, -0.2) is 0 Å². The summed E-state index contributed by atoms with van der Waals surface area (Å²) in [6, 6.07) is 0. The molecule has 0 spiro atoms. The summed E-state index contributed by atoms with van der Waals surface area (Å²) >= 11 is 5.59. The van der Waals surface area contributed by atoms with Crippen LogP contribution in [0.1, 0.15) is 12.8 Å². The van der Waals surface area contributed by atoms with E-state index in [1.807, 2.05) is 12.2 Å². The second kappa shape index (κ2) is 2.17. The number of halogens is 1. The van der Waals surface area contributed by atoms with E-state index in [1.54, 1.807) is 0 Å². The third-order valence-electron chi connectivity index (χ3n) is 0.950. The molecule has 0 saturated heterocycles. The van der Waals surface area contributed by atoms with E-state index >= 15 is 0 Å². The van der Waals surface area contributed by atoms with E-state index in [4.69, 9.17) is 11.6 Å². The normalized spacial score (nSPS) is 19.3. The van der Waals surface area contributed by atoms with Gasteiger partial charge in [0.15, 0.2) is 0 Å². The zero-order valence-corrected chi connectivity index (χ0v) is 4.78. The molecule has 7 heavy (non-hydrogen) atoms. The van der Waals surface area contributed by atoms with Gasteiger partial charge in [0.1, 0.15) is 0 Å². The highest BCUT2D eigenvalue weighted by Crippen LogP contribution is 2.11. The van der Waals surface area contributed by atoms with Crippen LogP contribution in [0, 0.1) is 0 Å². The van der Waals surface area contributed by atoms with Crippen LogP contribution in [-0.2, 0) is 0 Å². The number of hydrogen-bond acceptors (Lipinski definition) is 0. The fourth-order valence-electron chi connectivity index (χ4n) is 0.581. The van der Waals surface area contributed by atoms with Gasteiger partial charge >= 0.3 is 0 Å². The quantitative estimate of drug-likeness (QED) is 0.454. The molecule has 0 atom stereocenters. The second-order valence-corrected chi connectivity index (χ2v) is 2.01. The summed E-state index contributed by atoms with van der Waals surface area (Å²) in [6.45, 7) is 0. The van der Waals surface area contributed by atoms with Crippen LogP contribution in [-0.4, -0.2) is 0 Å². The highest BCUT2D eigenvalue weighted by Gasteiger charge is 1.88. The van der Waals surface area contributed by atoms with E-state index in [9.17, 15) is 0 Å². The van der Waals surface area contributed by atoms with E-state index in [1.165, 1.54) is 0 Å². The van der Waals surface area contributed by atoms with Gasteiger partial charge in [-0.1, -0.05) is 23.8 Å². The van der Waals surface area contributed by atoms with Gasteiger partial charge in [0.05, 0.1) is 0 Å². The summed E-state index contributed by atoms with van der Waals surface area (Å²) in [5, 5.41) is 0.881. The number of allylic oxidation sites excluding steroid dienone is 4. The minimum absolute atomic E-state index is 0.881. The second-order valence-electron chi connectivity index (χ2n) is 1.57. The molecule has 0 aromatic heterocycles. The van der Waals surface area contributed by atoms with Crippen LogP contribution >= 0.6 is 11.6 Å². The maximum absolute atomic E-state index is 5.59. The molecule has 1 aliphatic carbocycles. The van der Waals surface area contributed by atoms with Gasteiger partial charge in [0.25, 0.3) is 0 Å². The highest BCUT2D eigenvalue weighted by atomic mass is 35.5. The fourth-order valence-corrected chi connectivity index (χ4v) is 0.780. The molecule has 1 aliphatic rings. The molecule has 0 amide bonds. The van der Waals surface area contributed by atoms with Crippen molar-refractivity contribution in [3.63, 3.8) is 0 Å². The van der Waals surface area contributed by atoms with Crippen LogP contribution in [0.3, 0.4) is 0 Å². The van der Waals surface area contributed by atoms with Crippen molar-refractivity contribution < 1.29 is 0 Å². The monoisotopic (exact) mass is 114 g/mol. The van der Waals surface area contributed by atoms with E-state index in [0.717, 1.165) is 17.9 Å². The predicted octanol–water partition coefficient (Wildman–Crippen LogP) is 2.46. The molecule has 0 radical (unpaired) electrons. The lowest BCUT2D eigenvalue weighted by molar-refractivity contribution is 1.03. The Kier molecular flexibility index (Phi) is 1.53. The van der Waals surface area contributed by atoms with Gasteiger partial charge in [0, 0.05) is 5.03 Å². The van der Waals surface area contributed by atoms with Gasteiger partial charge in [0.2, 0.25) is 0 Å². The first kappa shape index (κ1) is 4.92. The first-order chi connectivity index (χ1) is 3.39. The van der Waals surface area contributed by atoms with E-state index in [-0.39, 0.29) is 0 Å². The Morgan fingerprint density at radius 2 is 2.29 bits per heavy atom. The fraction of sp³-hybridized carbons (Fsp3) is 0.333. The molecule has 0 nitrogen and oxygen atoms in total. The Morgan fingerprint density at radius 3 is 2.57 bits per heavy atom. The van der Waals surface area contributed by atoms with E-state index in [2.05, 4.69) is 6.08 Å². The molecule has 0 N–H and O–H groups in total. The molecule has 0 fully saturated rings. The summed E-state index contributed by atoms with van der Waals surface area (Å²) in [6.07, 6.45) is 8.31. The van der Waals surface area contributed by atoms with E-state index < -0.39 is 0 Å². The third kappa shape index (κ3) is 1.36. The summed E-state index contributed by atoms with van der Waals surface area (Å²) < 4.78 is 0. The van der Waals surface area contributed by atoms with Crippen LogP contribution in [0.4, 0.5) is 0 Å². The maximum atomic E-state index is 5.59. The van der Waals surface area contributed by atoms with Crippen LogP contribution in [0.2, 0.25) is 0 Å². The van der Waals surface area contributed by atoms with Crippen molar-refractivity contribution in [2.45, 2.75) is 12.8 Å². The zero-order chi connectivity index (χ0) is 5.11. The summed E-state index contributed by atoms with van der Waals surface area (Å²) in [7, 11) is 0. The van der Waals surface area contributed by atoms with Gasteiger partial charge in [-0.05, 0) is 18.9 Å². The first-order valence-corrected chi connectivity index (χ1v) is 2.79. The van der Waals surface area contributed by atoms with Crippen LogP contribution in [0.5, 0.6) is 0 Å². The first-order valence-electron chi connectivity index (χ1n) is 2.42. The Hall–Kier alpha value is -0.230. The Balaban J connectivity index is 2.58. The van der Waals surface area contributed by atoms with Crippen molar-refractivity contribution in [1.29, 1.82) is 0 Å². The molecular weight excluding hydrogens is 108 g/mol. The SMILES string of the molecule is ClC1=CCCC=C1. The molecule has 0 saturated carbocycles. The van der Waals surface area contributed by atoms with Crippen LogP contribution in [0.15, 0.2) is 23.3 Å². The van der Waals surface area contributed by atoms with Crippen molar-refractivity contribution in [3.8, 4) is 0 Å². The summed E-state index contributed by atoms with van der Waals surface area (Å²) in [4.78, 5) is 0. The molecule has 1 heteroatoms. The third-order valence-corrected chi connectivity index (χ3v) is 1.23. The van der Waals surface area contributed by atoms with Gasteiger partial charge in [-0.2, -0.15) is 0 Å².